The summed E-state index contributed by atoms with van der Waals surface area (Å²) in [6, 6.07) is 0. The van der Waals surface area contributed by atoms with Gasteiger partial charge in [-0.2, -0.15) is 8.42 Å². The first-order valence-electron chi connectivity index (χ1n) is 2.88. The largest absolute Gasteiger partial charge is 0.396 e. The van der Waals surface area contributed by atoms with Crippen LogP contribution in [0.25, 0.3) is 0 Å². The molecule has 0 unspecified atom stereocenters. The number of unbranched alkanes of at least 4 members (excludes halogenated alkanes) is 1. The summed E-state index contributed by atoms with van der Waals surface area (Å²) in [5, 5.41) is 8.10. The Hall–Kier alpha value is -0.570. The lowest BCUT2D eigenvalue weighted by Crippen LogP contribution is -1.88. The zero-order valence-electron chi connectivity index (χ0n) is 6.32. The smallest absolute Gasteiger partial charge is 0.261 e. The van der Waals surface area contributed by atoms with Crippen molar-refractivity contribution >= 4 is 10.1 Å². The zero-order chi connectivity index (χ0) is 9.33. The minimum absolute atomic E-state index is 0.212. The average molecular weight is 180 g/mol. The molecule has 5 heteroatoms. The summed E-state index contributed by atoms with van der Waals surface area (Å²) < 4.78 is 25.9. The van der Waals surface area contributed by atoms with Crippen LogP contribution in [0.4, 0.5) is 0 Å². The summed E-state index contributed by atoms with van der Waals surface area (Å²) in [5.74, 6) is 2.41. The molecule has 0 aliphatic heterocycles. The Labute approximate surface area is 67.0 Å². The van der Waals surface area contributed by atoms with Gasteiger partial charge < -0.3 is 5.11 Å². The van der Waals surface area contributed by atoms with Crippen molar-refractivity contribution in [3.63, 3.8) is 0 Å². The number of terminal acetylenes is 1. The summed E-state index contributed by atoms with van der Waals surface area (Å²) in [6.45, 7) is 0.212. The summed E-state index contributed by atoms with van der Waals surface area (Å²) in [7, 11) is -3.67. The van der Waals surface area contributed by atoms with Crippen LogP contribution in [0, 0.1) is 12.3 Å². The van der Waals surface area contributed by atoms with Crippen molar-refractivity contribution in [2.45, 2.75) is 12.8 Å². The second-order valence-electron chi connectivity index (χ2n) is 1.76. The third kappa shape index (κ3) is 88.2. The van der Waals surface area contributed by atoms with Crippen LogP contribution in [0.5, 0.6) is 0 Å². The van der Waals surface area contributed by atoms with Crippen LogP contribution in [0.2, 0.25) is 0 Å². The van der Waals surface area contributed by atoms with Gasteiger partial charge in [0.25, 0.3) is 10.1 Å². The maximum Gasteiger partial charge on any atom is 0.261 e. The normalized spacial score (nSPS) is 9.27. The van der Waals surface area contributed by atoms with E-state index < -0.39 is 10.1 Å². The van der Waals surface area contributed by atoms with Gasteiger partial charge in [0, 0.05) is 13.0 Å². The second-order valence-corrected chi connectivity index (χ2v) is 3.23. The maximum absolute atomic E-state index is 9.19. The summed E-state index contributed by atoms with van der Waals surface area (Å²) in [6.07, 6.45) is 6.99. The Bertz CT molecular complexity index is 191. The number of aliphatic hydroxyl groups excluding tert-OH is 1. The highest BCUT2D eigenvalue weighted by molar-refractivity contribution is 7.85. The van der Waals surface area contributed by atoms with Crippen molar-refractivity contribution in [3.8, 4) is 12.3 Å². The molecular formula is C6H12O4S. The maximum atomic E-state index is 9.19. The first kappa shape index (κ1) is 13.1. The van der Waals surface area contributed by atoms with E-state index in [-0.39, 0.29) is 6.61 Å². The molecule has 0 aliphatic rings. The van der Waals surface area contributed by atoms with Gasteiger partial charge in [-0.3, -0.25) is 4.55 Å². The van der Waals surface area contributed by atoms with Gasteiger partial charge in [-0.25, -0.2) is 0 Å². The fourth-order valence-electron chi connectivity index (χ4n) is 0.181. The first-order valence-corrected chi connectivity index (χ1v) is 4.73. The molecule has 0 atom stereocenters. The second kappa shape index (κ2) is 7.54. The third-order valence-electron chi connectivity index (χ3n) is 0.479. The molecule has 4 nitrogen and oxygen atoms in total. The molecule has 0 aromatic heterocycles. The number of hydrogen-bond acceptors (Lipinski definition) is 3. The number of hydrogen-bond donors (Lipinski definition) is 2. The van der Waals surface area contributed by atoms with Crippen molar-refractivity contribution < 1.29 is 18.1 Å². The predicted octanol–water partition coefficient (Wildman–Crippen LogP) is -0.104. The topological polar surface area (TPSA) is 74.6 Å². The fourth-order valence-corrected chi connectivity index (χ4v) is 0.181. The Morgan fingerprint density at radius 2 is 1.91 bits per heavy atom. The van der Waals surface area contributed by atoms with E-state index in [1.54, 1.807) is 0 Å². The minimum atomic E-state index is -3.67. The molecule has 66 valence electrons. The monoisotopic (exact) mass is 180 g/mol. The summed E-state index contributed by atoms with van der Waals surface area (Å²) in [5.41, 5.74) is 0. The van der Waals surface area contributed by atoms with E-state index in [0.29, 0.717) is 12.7 Å². The van der Waals surface area contributed by atoms with E-state index >= 15 is 0 Å². The lowest BCUT2D eigenvalue weighted by atomic mass is 10.3. The van der Waals surface area contributed by atoms with Crippen LogP contribution < -0.4 is 0 Å². The lowest BCUT2D eigenvalue weighted by molar-refractivity contribution is 0.290. The van der Waals surface area contributed by atoms with Gasteiger partial charge in [0.05, 0.1) is 6.26 Å². The van der Waals surface area contributed by atoms with Crippen molar-refractivity contribution in [2.75, 3.05) is 12.9 Å². The minimum Gasteiger partial charge on any atom is -0.396 e. The molecule has 11 heavy (non-hydrogen) atoms. The zero-order valence-corrected chi connectivity index (χ0v) is 7.13. The van der Waals surface area contributed by atoms with E-state index in [9.17, 15) is 8.42 Å². The van der Waals surface area contributed by atoms with Gasteiger partial charge in [0.1, 0.15) is 0 Å². The van der Waals surface area contributed by atoms with E-state index in [4.69, 9.17) is 16.1 Å². The molecule has 0 fully saturated rings. The molecule has 0 amide bonds. The van der Waals surface area contributed by atoms with Crippen molar-refractivity contribution in [1.82, 2.24) is 0 Å². The van der Waals surface area contributed by atoms with Crippen LogP contribution in [-0.2, 0) is 10.1 Å². The molecule has 0 aromatic carbocycles. The van der Waals surface area contributed by atoms with Crippen LogP contribution >= 0.6 is 0 Å². The van der Waals surface area contributed by atoms with Gasteiger partial charge in [-0.1, -0.05) is 0 Å². The van der Waals surface area contributed by atoms with E-state index in [2.05, 4.69) is 5.92 Å². The molecular weight excluding hydrogens is 168 g/mol. The molecule has 2 N–H and O–H groups in total. The molecule has 0 heterocycles. The number of rotatable bonds is 2. The van der Waals surface area contributed by atoms with Gasteiger partial charge in [0.15, 0.2) is 0 Å². The molecule has 0 saturated carbocycles. The van der Waals surface area contributed by atoms with Crippen LogP contribution in [0.3, 0.4) is 0 Å². The Morgan fingerprint density at radius 3 is 2.00 bits per heavy atom. The van der Waals surface area contributed by atoms with Crippen molar-refractivity contribution in [2.24, 2.45) is 0 Å². The van der Waals surface area contributed by atoms with Gasteiger partial charge >= 0.3 is 0 Å². The van der Waals surface area contributed by atoms with Gasteiger partial charge in [-0.05, 0) is 6.42 Å². The van der Waals surface area contributed by atoms with Crippen LogP contribution in [0.15, 0.2) is 0 Å². The molecule has 0 radical (unpaired) electrons. The SMILES string of the molecule is C#CCCCO.CS(=O)(=O)O. The van der Waals surface area contributed by atoms with E-state index in [1.807, 2.05) is 0 Å². The lowest BCUT2D eigenvalue weighted by Gasteiger charge is -1.79. The molecule has 0 saturated heterocycles. The summed E-state index contributed by atoms with van der Waals surface area (Å²) in [4.78, 5) is 0. The highest BCUT2D eigenvalue weighted by atomic mass is 32.2. The Balaban J connectivity index is 0. The van der Waals surface area contributed by atoms with Crippen LogP contribution in [0.1, 0.15) is 12.8 Å². The van der Waals surface area contributed by atoms with Gasteiger partial charge in [-0.15, -0.1) is 12.3 Å². The molecule has 0 aromatic rings. The van der Waals surface area contributed by atoms with Crippen molar-refractivity contribution in [1.29, 1.82) is 0 Å². The van der Waals surface area contributed by atoms with E-state index in [1.165, 1.54) is 0 Å². The fraction of sp³-hybridized carbons (Fsp3) is 0.667. The Kier molecular flexibility index (Phi) is 8.94. The molecule has 0 spiro atoms. The quantitative estimate of drug-likeness (QED) is 0.353. The third-order valence-corrected chi connectivity index (χ3v) is 0.479. The number of aliphatic hydroxyl groups is 1. The predicted molar refractivity (Wildman–Crippen MR) is 42.6 cm³/mol. The summed E-state index contributed by atoms with van der Waals surface area (Å²) >= 11 is 0. The Morgan fingerprint density at radius 1 is 1.55 bits per heavy atom. The average Bonchev–Trinajstić information content (AvgIpc) is 1.79. The highest BCUT2D eigenvalue weighted by Crippen LogP contribution is 1.79. The van der Waals surface area contributed by atoms with E-state index in [0.717, 1.165) is 6.42 Å². The molecule has 0 rings (SSSR count). The van der Waals surface area contributed by atoms with Crippen LogP contribution in [-0.4, -0.2) is 30.9 Å². The highest BCUT2D eigenvalue weighted by Gasteiger charge is 1.81. The molecule has 0 bridgehead atoms. The van der Waals surface area contributed by atoms with Crippen molar-refractivity contribution in [3.05, 3.63) is 0 Å². The van der Waals surface area contributed by atoms with Gasteiger partial charge in [0.2, 0.25) is 0 Å². The molecule has 0 aliphatic carbocycles. The standard InChI is InChI=1S/C5H8O.CH4O3S/c1-2-3-4-5-6;1-5(2,3)4/h1,6H,3-5H2;1H3,(H,2,3,4). The first-order chi connectivity index (χ1) is 4.91.